The fourth-order valence-corrected chi connectivity index (χ4v) is 5.44. The van der Waals surface area contributed by atoms with Crippen LogP contribution in [-0.2, 0) is 17.6 Å². The summed E-state index contributed by atoms with van der Waals surface area (Å²) in [5, 5.41) is 10.4. The van der Waals surface area contributed by atoms with Gasteiger partial charge in [0, 0.05) is 31.9 Å². The molecule has 0 bridgehead atoms. The van der Waals surface area contributed by atoms with Crippen LogP contribution in [0.15, 0.2) is 10.9 Å². The molecule has 0 aromatic carbocycles. The van der Waals surface area contributed by atoms with Crippen molar-refractivity contribution in [2.24, 2.45) is 11.3 Å². The van der Waals surface area contributed by atoms with Gasteiger partial charge in [0.2, 0.25) is 5.91 Å². The number of aromatic amines is 1. The number of aryl methyl sites for hydroxylation is 2. The number of carbonyl (C=O) groups excluding carboxylic acids is 2. The third kappa shape index (κ3) is 3.39. The van der Waals surface area contributed by atoms with Gasteiger partial charge in [-0.1, -0.05) is 0 Å². The van der Waals surface area contributed by atoms with Gasteiger partial charge in [0.15, 0.2) is 0 Å². The summed E-state index contributed by atoms with van der Waals surface area (Å²) in [4.78, 5) is 45.1. The highest BCUT2D eigenvalue weighted by Crippen LogP contribution is 2.42. The topological polar surface area (TPSA) is 93.7 Å². The summed E-state index contributed by atoms with van der Waals surface area (Å²) in [6.45, 7) is 2.09. The molecule has 1 saturated carbocycles. The van der Waals surface area contributed by atoms with E-state index in [0.717, 1.165) is 37.1 Å². The van der Waals surface area contributed by atoms with Gasteiger partial charge in [-0.2, -0.15) is 0 Å². The lowest BCUT2D eigenvalue weighted by atomic mass is 9.70. The number of amides is 2. The largest absolute Gasteiger partial charge is 0.391 e. The Balaban J connectivity index is 1.30. The molecule has 1 aromatic heterocycles. The van der Waals surface area contributed by atoms with E-state index in [9.17, 15) is 19.5 Å². The van der Waals surface area contributed by atoms with Crippen molar-refractivity contribution >= 4 is 11.8 Å². The van der Waals surface area contributed by atoms with Crippen LogP contribution in [0.2, 0.25) is 0 Å². The third-order valence-corrected chi connectivity index (χ3v) is 7.30. The van der Waals surface area contributed by atoms with Crippen molar-refractivity contribution in [3.05, 3.63) is 33.2 Å². The van der Waals surface area contributed by atoms with Gasteiger partial charge in [-0.3, -0.25) is 14.4 Å². The first kappa shape index (κ1) is 18.9. The Morgan fingerprint density at radius 1 is 1.21 bits per heavy atom. The second-order valence-corrected chi connectivity index (χ2v) is 9.45. The van der Waals surface area contributed by atoms with Crippen molar-refractivity contribution in [1.82, 2.24) is 14.8 Å². The van der Waals surface area contributed by atoms with Crippen molar-refractivity contribution in [1.29, 1.82) is 0 Å². The number of aromatic nitrogens is 1. The SMILES string of the molecule is O=C(c1cc2c([nH]c1=O)CCC2)N1CCC2(CC1)CC(O)CN(CC1CC1)C2=O. The number of H-pyrrole nitrogens is 1. The molecule has 2 N–H and O–H groups in total. The summed E-state index contributed by atoms with van der Waals surface area (Å²) in [7, 11) is 0. The molecule has 29 heavy (non-hydrogen) atoms. The highest BCUT2D eigenvalue weighted by atomic mass is 16.3. The van der Waals surface area contributed by atoms with Gasteiger partial charge < -0.3 is 19.9 Å². The molecule has 1 spiro atoms. The van der Waals surface area contributed by atoms with E-state index in [1.54, 1.807) is 11.0 Å². The maximum absolute atomic E-state index is 13.2. The molecule has 7 nitrogen and oxygen atoms in total. The van der Waals surface area contributed by atoms with E-state index in [2.05, 4.69) is 4.98 Å². The van der Waals surface area contributed by atoms with Gasteiger partial charge in [0.1, 0.15) is 5.56 Å². The van der Waals surface area contributed by atoms with Crippen molar-refractivity contribution in [2.75, 3.05) is 26.2 Å². The molecule has 1 unspecified atom stereocenters. The summed E-state index contributed by atoms with van der Waals surface area (Å²) in [5.74, 6) is 0.501. The molecule has 4 aliphatic rings. The molecule has 0 radical (unpaired) electrons. The molecular weight excluding hydrogens is 370 g/mol. The van der Waals surface area contributed by atoms with Gasteiger partial charge in [-0.25, -0.2) is 0 Å². The number of aliphatic hydroxyl groups is 1. The number of nitrogens with zero attached hydrogens (tertiary/aromatic N) is 2. The van der Waals surface area contributed by atoms with Gasteiger partial charge in [-0.05, 0) is 68.9 Å². The Bertz CT molecular complexity index is 894. The van der Waals surface area contributed by atoms with Crippen LogP contribution in [0, 0.1) is 11.3 Å². The molecule has 2 saturated heterocycles. The van der Waals surface area contributed by atoms with E-state index in [0.29, 0.717) is 44.8 Å². The van der Waals surface area contributed by atoms with Crippen LogP contribution in [0.3, 0.4) is 0 Å². The van der Waals surface area contributed by atoms with Gasteiger partial charge in [-0.15, -0.1) is 0 Å². The number of carbonyl (C=O) groups is 2. The average Bonchev–Trinajstić information content (AvgIpc) is 3.40. The number of pyridine rings is 1. The van der Waals surface area contributed by atoms with Crippen molar-refractivity contribution in [3.8, 4) is 0 Å². The zero-order chi connectivity index (χ0) is 20.2. The molecule has 7 heteroatoms. The van der Waals surface area contributed by atoms with Crippen molar-refractivity contribution in [2.45, 2.75) is 57.5 Å². The minimum atomic E-state index is -0.562. The van der Waals surface area contributed by atoms with E-state index < -0.39 is 11.5 Å². The summed E-state index contributed by atoms with van der Waals surface area (Å²) in [6, 6.07) is 1.76. The van der Waals surface area contributed by atoms with Gasteiger partial charge >= 0.3 is 0 Å². The van der Waals surface area contributed by atoms with Gasteiger partial charge in [0.05, 0.1) is 11.5 Å². The zero-order valence-electron chi connectivity index (χ0n) is 16.8. The number of β-amino-alcohol motifs (C(OH)–C–C–N with tert-alkyl or cyclic N) is 1. The Morgan fingerprint density at radius 2 is 1.97 bits per heavy atom. The monoisotopic (exact) mass is 399 g/mol. The maximum atomic E-state index is 13.2. The van der Waals surface area contributed by atoms with Crippen LogP contribution in [0.5, 0.6) is 0 Å². The van der Waals surface area contributed by atoms with Crippen LogP contribution in [0.1, 0.15) is 60.1 Å². The quantitative estimate of drug-likeness (QED) is 0.796. The van der Waals surface area contributed by atoms with E-state index in [4.69, 9.17) is 0 Å². The standard InChI is InChI=1S/C22H29N3O4/c26-16-11-22(21(29)25(13-16)12-14-4-5-14)6-8-24(9-7-22)20(28)17-10-15-2-1-3-18(15)23-19(17)27/h10,14,16,26H,1-9,11-13H2,(H,23,27). The lowest BCUT2D eigenvalue weighted by Crippen LogP contribution is -2.58. The van der Waals surface area contributed by atoms with Crippen LogP contribution in [0.4, 0.5) is 0 Å². The molecule has 1 aromatic rings. The highest BCUT2D eigenvalue weighted by molar-refractivity contribution is 5.94. The Labute approximate surface area is 170 Å². The Morgan fingerprint density at radius 3 is 2.69 bits per heavy atom. The molecule has 2 aliphatic heterocycles. The zero-order valence-corrected chi connectivity index (χ0v) is 16.8. The summed E-state index contributed by atoms with van der Waals surface area (Å²) < 4.78 is 0. The number of nitrogens with one attached hydrogen (secondary N) is 1. The predicted octanol–water partition coefficient (Wildman–Crippen LogP) is 1.09. The van der Waals surface area contributed by atoms with Gasteiger partial charge in [0.25, 0.3) is 11.5 Å². The normalized spacial score (nSPS) is 26.1. The Hall–Kier alpha value is -2.15. The molecule has 2 aliphatic carbocycles. The van der Waals surface area contributed by atoms with Crippen molar-refractivity contribution in [3.63, 3.8) is 0 Å². The molecule has 156 valence electrons. The van der Waals surface area contributed by atoms with Crippen LogP contribution in [-0.4, -0.2) is 64.0 Å². The minimum absolute atomic E-state index is 0.150. The minimum Gasteiger partial charge on any atom is -0.391 e. The summed E-state index contributed by atoms with van der Waals surface area (Å²) in [6.07, 6.45) is 6.22. The van der Waals surface area contributed by atoms with E-state index in [1.807, 2.05) is 4.90 Å². The molecule has 1 atom stereocenters. The first-order valence-corrected chi connectivity index (χ1v) is 11.0. The van der Waals surface area contributed by atoms with E-state index >= 15 is 0 Å². The fraction of sp³-hybridized carbons (Fsp3) is 0.682. The molecule has 2 amide bonds. The number of rotatable bonds is 3. The van der Waals surface area contributed by atoms with Crippen molar-refractivity contribution < 1.29 is 14.7 Å². The number of likely N-dealkylation sites (tertiary alicyclic amines) is 2. The lowest BCUT2D eigenvalue weighted by molar-refractivity contribution is -0.156. The smallest absolute Gasteiger partial charge is 0.261 e. The number of hydrogen-bond acceptors (Lipinski definition) is 4. The number of aliphatic hydroxyl groups excluding tert-OH is 1. The number of piperidine rings is 2. The first-order valence-electron chi connectivity index (χ1n) is 11.0. The second-order valence-electron chi connectivity index (χ2n) is 9.45. The fourth-order valence-electron chi connectivity index (χ4n) is 5.44. The number of hydrogen-bond donors (Lipinski definition) is 2. The van der Waals surface area contributed by atoms with Crippen LogP contribution < -0.4 is 5.56 Å². The molecule has 5 rings (SSSR count). The van der Waals surface area contributed by atoms with Crippen LogP contribution in [0.25, 0.3) is 0 Å². The average molecular weight is 399 g/mol. The first-order chi connectivity index (χ1) is 13.9. The summed E-state index contributed by atoms with van der Waals surface area (Å²) >= 11 is 0. The lowest BCUT2D eigenvalue weighted by Gasteiger charge is -2.48. The maximum Gasteiger partial charge on any atom is 0.261 e. The Kier molecular flexibility index (Phi) is 4.53. The predicted molar refractivity (Wildman–Crippen MR) is 107 cm³/mol. The molecule has 3 heterocycles. The third-order valence-electron chi connectivity index (χ3n) is 7.30. The molecular formula is C22H29N3O4. The highest BCUT2D eigenvalue weighted by Gasteiger charge is 2.49. The molecule has 3 fully saturated rings. The van der Waals surface area contributed by atoms with E-state index in [-0.39, 0.29) is 22.9 Å². The summed E-state index contributed by atoms with van der Waals surface area (Å²) in [5.41, 5.74) is 1.38. The second kappa shape index (κ2) is 6.97. The van der Waals surface area contributed by atoms with Crippen LogP contribution >= 0.6 is 0 Å². The number of fused-ring (bicyclic) bond motifs is 1. The van der Waals surface area contributed by atoms with E-state index in [1.165, 1.54) is 12.8 Å².